The Morgan fingerprint density at radius 1 is 1.46 bits per heavy atom. The van der Waals surface area contributed by atoms with Crippen molar-refractivity contribution in [3.8, 4) is 0 Å². The van der Waals surface area contributed by atoms with Crippen LogP contribution in [0, 0.1) is 5.92 Å². The quantitative estimate of drug-likeness (QED) is 0.873. The van der Waals surface area contributed by atoms with Gasteiger partial charge in [0.05, 0.1) is 0 Å². The van der Waals surface area contributed by atoms with Gasteiger partial charge in [0.15, 0.2) is 0 Å². The summed E-state index contributed by atoms with van der Waals surface area (Å²) in [5.41, 5.74) is 6.07. The van der Waals surface area contributed by atoms with Gasteiger partial charge < -0.3 is 5.73 Å². The van der Waals surface area contributed by atoms with Crippen LogP contribution in [0.2, 0.25) is 0 Å². The lowest BCUT2D eigenvalue weighted by Crippen LogP contribution is -2.09. The Kier molecular flexibility index (Phi) is 4.42. The van der Waals surface area contributed by atoms with Crippen LogP contribution in [0.3, 0.4) is 0 Å². The van der Waals surface area contributed by atoms with Gasteiger partial charge in [-0.1, -0.05) is 13.8 Å². The van der Waals surface area contributed by atoms with Crippen molar-refractivity contribution >= 4 is 27.3 Å². The molecule has 74 valence electrons. The zero-order chi connectivity index (χ0) is 9.84. The molecular weight excluding hydrogens is 246 g/mol. The van der Waals surface area contributed by atoms with Crippen molar-refractivity contribution in [3.05, 3.63) is 20.8 Å². The van der Waals surface area contributed by atoms with E-state index in [4.69, 9.17) is 5.73 Å². The topological polar surface area (TPSA) is 26.0 Å². The minimum atomic E-state index is 0.205. The first kappa shape index (κ1) is 11.2. The van der Waals surface area contributed by atoms with Crippen LogP contribution in [-0.4, -0.2) is 0 Å². The summed E-state index contributed by atoms with van der Waals surface area (Å²) in [6.45, 7) is 4.46. The fourth-order valence-corrected chi connectivity index (χ4v) is 2.92. The van der Waals surface area contributed by atoms with Gasteiger partial charge in [0.2, 0.25) is 0 Å². The van der Waals surface area contributed by atoms with Crippen LogP contribution in [0.15, 0.2) is 15.9 Å². The van der Waals surface area contributed by atoms with E-state index in [0.29, 0.717) is 0 Å². The van der Waals surface area contributed by atoms with Crippen LogP contribution in [-0.2, 0) is 0 Å². The van der Waals surface area contributed by atoms with Gasteiger partial charge in [-0.25, -0.2) is 0 Å². The fraction of sp³-hybridized carbons (Fsp3) is 0.600. The van der Waals surface area contributed by atoms with Crippen LogP contribution >= 0.6 is 27.3 Å². The van der Waals surface area contributed by atoms with E-state index in [1.165, 1.54) is 11.3 Å². The molecule has 0 amide bonds. The predicted octanol–water partition coefficient (Wildman–Crippen LogP) is 3.95. The molecule has 3 heteroatoms. The Morgan fingerprint density at radius 2 is 2.15 bits per heavy atom. The van der Waals surface area contributed by atoms with Crippen LogP contribution in [0.5, 0.6) is 0 Å². The highest BCUT2D eigenvalue weighted by atomic mass is 79.9. The number of hydrogen-bond acceptors (Lipinski definition) is 2. The van der Waals surface area contributed by atoms with Gasteiger partial charge in [0.25, 0.3) is 0 Å². The molecule has 13 heavy (non-hydrogen) atoms. The van der Waals surface area contributed by atoms with E-state index in [2.05, 4.69) is 41.2 Å². The molecule has 1 aromatic heterocycles. The Bertz CT molecular complexity index is 257. The van der Waals surface area contributed by atoms with Gasteiger partial charge in [-0.15, -0.1) is 11.3 Å². The van der Waals surface area contributed by atoms with Crippen molar-refractivity contribution in [2.24, 2.45) is 11.7 Å². The zero-order valence-corrected chi connectivity index (χ0v) is 10.5. The van der Waals surface area contributed by atoms with Crippen LogP contribution in [0.4, 0.5) is 0 Å². The summed E-state index contributed by atoms with van der Waals surface area (Å²) < 4.78 is 1.16. The molecule has 0 aliphatic rings. The molecule has 1 aromatic rings. The van der Waals surface area contributed by atoms with Crippen LogP contribution in [0.1, 0.15) is 37.6 Å². The maximum atomic E-state index is 6.07. The van der Waals surface area contributed by atoms with Crippen LogP contribution < -0.4 is 5.73 Å². The average Bonchev–Trinajstić information content (AvgIpc) is 2.47. The van der Waals surface area contributed by atoms with Gasteiger partial charge in [0.1, 0.15) is 0 Å². The largest absolute Gasteiger partial charge is 0.323 e. The molecule has 1 unspecified atom stereocenters. The first-order chi connectivity index (χ1) is 6.11. The zero-order valence-electron chi connectivity index (χ0n) is 8.09. The maximum absolute atomic E-state index is 6.07. The number of hydrogen-bond donors (Lipinski definition) is 1. The van der Waals surface area contributed by atoms with Crippen molar-refractivity contribution < 1.29 is 0 Å². The molecule has 0 saturated carbocycles. The lowest BCUT2D eigenvalue weighted by Gasteiger charge is -2.11. The van der Waals surface area contributed by atoms with E-state index >= 15 is 0 Å². The van der Waals surface area contributed by atoms with Gasteiger partial charge >= 0.3 is 0 Å². The molecule has 1 rings (SSSR count). The third kappa shape index (κ3) is 3.41. The molecule has 1 nitrogen and oxygen atoms in total. The summed E-state index contributed by atoms with van der Waals surface area (Å²) in [4.78, 5) is 1.28. The molecule has 2 N–H and O–H groups in total. The smallest absolute Gasteiger partial charge is 0.0401 e. The molecule has 0 saturated heterocycles. The second-order valence-electron chi connectivity index (χ2n) is 3.71. The fourth-order valence-electron chi connectivity index (χ4n) is 1.21. The van der Waals surface area contributed by atoms with Crippen molar-refractivity contribution in [2.75, 3.05) is 0 Å². The number of rotatable bonds is 4. The molecule has 0 fully saturated rings. The molecule has 1 atom stereocenters. The summed E-state index contributed by atoms with van der Waals surface area (Å²) in [7, 11) is 0. The first-order valence-corrected chi connectivity index (χ1v) is 6.27. The van der Waals surface area contributed by atoms with E-state index in [1.54, 1.807) is 11.3 Å². The molecule has 1 heterocycles. The standard InChI is InChI=1S/C10H16BrNS/c1-7(2)3-4-9(12)10-8(11)5-6-13-10/h5-7,9H,3-4,12H2,1-2H3. The first-order valence-electron chi connectivity index (χ1n) is 4.59. The lowest BCUT2D eigenvalue weighted by molar-refractivity contribution is 0.510. The van der Waals surface area contributed by atoms with Crippen LogP contribution in [0.25, 0.3) is 0 Å². The molecule has 0 bridgehead atoms. The number of thiophene rings is 1. The van der Waals surface area contributed by atoms with Gasteiger partial charge in [-0.2, -0.15) is 0 Å². The van der Waals surface area contributed by atoms with Crippen molar-refractivity contribution in [1.82, 2.24) is 0 Å². The molecule has 0 aliphatic heterocycles. The summed E-state index contributed by atoms with van der Waals surface area (Å²) in [6.07, 6.45) is 2.28. The summed E-state index contributed by atoms with van der Waals surface area (Å²) in [5, 5.41) is 2.08. The Balaban J connectivity index is 2.49. The van der Waals surface area contributed by atoms with E-state index < -0.39 is 0 Å². The SMILES string of the molecule is CC(C)CCC(N)c1sccc1Br. The van der Waals surface area contributed by atoms with E-state index in [0.717, 1.165) is 16.8 Å². The molecule has 0 aliphatic carbocycles. The molecule has 0 spiro atoms. The highest BCUT2D eigenvalue weighted by Crippen LogP contribution is 2.30. The van der Waals surface area contributed by atoms with Crippen molar-refractivity contribution in [3.63, 3.8) is 0 Å². The molecule has 0 aromatic carbocycles. The Morgan fingerprint density at radius 3 is 2.62 bits per heavy atom. The minimum Gasteiger partial charge on any atom is -0.323 e. The monoisotopic (exact) mass is 261 g/mol. The number of halogens is 1. The van der Waals surface area contributed by atoms with E-state index in [1.807, 2.05) is 0 Å². The third-order valence-electron chi connectivity index (χ3n) is 2.04. The van der Waals surface area contributed by atoms with E-state index in [9.17, 15) is 0 Å². The number of nitrogens with two attached hydrogens (primary N) is 1. The summed E-state index contributed by atoms with van der Waals surface area (Å²) in [6, 6.07) is 2.27. The molecular formula is C10H16BrNS. The average molecular weight is 262 g/mol. The lowest BCUT2D eigenvalue weighted by atomic mass is 10.0. The Labute approximate surface area is 92.5 Å². The van der Waals surface area contributed by atoms with E-state index in [-0.39, 0.29) is 6.04 Å². The summed E-state index contributed by atoms with van der Waals surface area (Å²) >= 11 is 5.24. The second kappa shape index (κ2) is 5.13. The summed E-state index contributed by atoms with van der Waals surface area (Å²) in [5.74, 6) is 0.741. The molecule has 0 radical (unpaired) electrons. The predicted molar refractivity (Wildman–Crippen MR) is 63.0 cm³/mol. The van der Waals surface area contributed by atoms with Gasteiger partial charge in [-0.3, -0.25) is 0 Å². The second-order valence-corrected chi connectivity index (χ2v) is 5.51. The van der Waals surface area contributed by atoms with Crippen molar-refractivity contribution in [1.29, 1.82) is 0 Å². The third-order valence-corrected chi connectivity index (χ3v) is 4.04. The highest BCUT2D eigenvalue weighted by molar-refractivity contribution is 9.10. The normalized spacial score (nSPS) is 13.6. The van der Waals surface area contributed by atoms with Gasteiger partial charge in [-0.05, 0) is 46.1 Å². The Hall–Kier alpha value is 0.140. The maximum Gasteiger partial charge on any atom is 0.0401 e. The van der Waals surface area contributed by atoms with Crippen molar-refractivity contribution in [2.45, 2.75) is 32.7 Å². The van der Waals surface area contributed by atoms with Gasteiger partial charge in [0, 0.05) is 15.4 Å². The highest BCUT2D eigenvalue weighted by Gasteiger charge is 2.11. The minimum absolute atomic E-state index is 0.205.